The highest BCUT2D eigenvalue weighted by molar-refractivity contribution is 7.15. The molecule has 0 aliphatic heterocycles. The fraction of sp³-hybridized carbons (Fsp3) is 0.200. The van der Waals surface area contributed by atoms with Crippen molar-refractivity contribution in [3.05, 3.63) is 46.3 Å². The third-order valence-corrected chi connectivity index (χ3v) is 3.92. The number of carboxylic acids is 1. The van der Waals surface area contributed by atoms with Crippen molar-refractivity contribution in [2.45, 2.75) is 13.8 Å². The average Bonchev–Trinajstić information content (AvgIpc) is 2.81. The van der Waals surface area contributed by atoms with E-state index >= 15 is 0 Å². The Morgan fingerprint density at radius 3 is 2.55 bits per heavy atom. The summed E-state index contributed by atoms with van der Waals surface area (Å²) >= 11 is 1.36. The first-order chi connectivity index (χ1) is 9.54. The molecule has 1 heterocycles. The van der Waals surface area contributed by atoms with Crippen molar-refractivity contribution in [3.63, 3.8) is 0 Å². The number of carbonyl (C=O) groups excluding carboxylic acids is 1. The van der Waals surface area contributed by atoms with Crippen molar-refractivity contribution >= 4 is 23.3 Å². The molecular weight excluding hydrogens is 276 g/mol. The first-order valence-electron chi connectivity index (χ1n) is 6.14. The van der Waals surface area contributed by atoms with E-state index in [1.165, 1.54) is 11.3 Å². The molecule has 1 aromatic heterocycles. The number of ether oxygens (including phenoxy) is 1. The molecule has 1 N–H and O–H groups in total. The Hall–Kier alpha value is -2.14. The Balaban J connectivity index is 2.50. The van der Waals surface area contributed by atoms with Gasteiger partial charge in [-0.05, 0) is 26.0 Å². The van der Waals surface area contributed by atoms with E-state index in [0.717, 1.165) is 4.88 Å². The fourth-order valence-corrected chi connectivity index (χ4v) is 2.96. The summed E-state index contributed by atoms with van der Waals surface area (Å²) in [6.45, 7) is 3.81. The minimum Gasteiger partial charge on any atom is -0.478 e. The van der Waals surface area contributed by atoms with Gasteiger partial charge in [-0.3, -0.25) is 0 Å². The van der Waals surface area contributed by atoms with E-state index in [-0.39, 0.29) is 5.56 Å². The maximum absolute atomic E-state index is 11.9. The monoisotopic (exact) mass is 290 g/mol. The average molecular weight is 290 g/mol. The molecule has 0 spiro atoms. The van der Waals surface area contributed by atoms with E-state index in [9.17, 15) is 9.59 Å². The van der Waals surface area contributed by atoms with Gasteiger partial charge in [0.2, 0.25) is 0 Å². The molecule has 0 aliphatic rings. The predicted octanol–water partition coefficient (Wildman–Crippen LogP) is 3.60. The second-order valence-electron chi connectivity index (χ2n) is 4.15. The van der Waals surface area contributed by atoms with E-state index < -0.39 is 11.9 Å². The second-order valence-corrected chi connectivity index (χ2v) is 5.41. The molecule has 5 heteroatoms. The topological polar surface area (TPSA) is 63.6 Å². The van der Waals surface area contributed by atoms with Gasteiger partial charge < -0.3 is 9.84 Å². The van der Waals surface area contributed by atoms with Gasteiger partial charge in [0.15, 0.2) is 0 Å². The van der Waals surface area contributed by atoms with Crippen LogP contribution < -0.4 is 0 Å². The van der Waals surface area contributed by atoms with E-state index in [4.69, 9.17) is 9.84 Å². The molecule has 0 amide bonds. The summed E-state index contributed by atoms with van der Waals surface area (Å²) in [5, 5.41) is 9.10. The van der Waals surface area contributed by atoms with E-state index in [1.54, 1.807) is 38.1 Å². The lowest BCUT2D eigenvalue weighted by Crippen LogP contribution is -2.05. The molecule has 20 heavy (non-hydrogen) atoms. The molecule has 2 rings (SSSR count). The number of aromatic carboxylic acids is 1. The molecule has 0 atom stereocenters. The summed E-state index contributed by atoms with van der Waals surface area (Å²) in [7, 11) is 0. The zero-order chi connectivity index (χ0) is 14.7. The largest absolute Gasteiger partial charge is 0.478 e. The van der Waals surface area contributed by atoms with Crippen LogP contribution in [0.25, 0.3) is 10.4 Å². The molecular formula is C15H14O4S. The second kappa shape index (κ2) is 5.88. The summed E-state index contributed by atoms with van der Waals surface area (Å²) in [5.74, 6) is -1.36. The van der Waals surface area contributed by atoms with Crippen LogP contribution in [-0.4, -0.2) is 23.7 Å². The first kappa shape index (κ1) is 14.3. The number of carbonyl (C=O) groups is 2. The molecule has 0 bridgehead atoms. The standard InChI is InChI=1S/C15H14O4S/c1-3-19-15(18)11-7-5-4-6-10(11)13-8-12(14(16)17)9(2)20-13/h4-8H,3H2,1-2H3,(H,16,17). The molecule has 0 radical (unpaired) electrons. The lowest BCUT2D eigenvalue weighted by Gasteiger charge is -2.06. The van der Waals surface area contributed by atoms with Crippen molar-refractivity contribution in [1.29, 1.82) is 0 Å². The summed E-state index contributed by atoms with van der Waals surface area (Å²) in [5.41, 5.74) is 1.42. The van der Waals surface area contributed by atoms with Gasteiger partial charge in [0.25, 0.3) is 0 Å². The van der Waals surface area contributed by atoms with Crippen LogP contribution in [0.1, 0.15) is 32.5 Å². The molecule has 1 aromatic carbocycles. The number of aryl methyl sites for hydroxylation is 1. The van der Waals surface area contributed by atoms with Gasteiger partial charge in [0, 0.05) is 15.3 Å². The Kier molecular flexibility index (Phi) is 4.20. The highest BCUT2D eigenvalue weighted by atomic mass is 32.1. The van der Waals surface area contributed by atoms with Crippen LogP contribution in [0.15, 0.2) is 30.3 Å². The number of carboxylic acid groups (broad SMARTS) is 1. The van der Waals surface area contributed by atoms with Crippen LogP contribution in [0.4, 0.5) is 0 Å². The van der Waals surface area contributed by atoms with Crippen LogP contribution >= 0.6 is 11.3 Å². The van der Waals surface area contributed by atoms with Crippen LogP contribution in [0, 0.1) is 6.92 Å². The van der Waals surface area contributed by atoms with Gasteiger partial charge in [-0.2, -0.15) is 0 Å². The zero-order valence-corrected chi connectivity index (χ0v) is 12.0. The lowest BCUT2D eigenvalue weighted by atomic mass is 10.1. The third-order valence-electron chi connectivity index (χ3n) is 2.84. The molecule has 0 fully saturated rings. The number of hydrogen-bond acceptors (Lipinski definition) is 4. The summed E-state index contributed by atoms with van der Waals surface area (Å²) in [4.78, 5) is 24.5. The molecule has 104 valence electrons. The van der Waals surface area contributed by atoms with Crippen molar-refractivity contribution in [1.82, 2.24) is 0 Å². The van der Waals surface area contributed by atoms with Crippen molar-refractivity contribution in [3.8, 4) is 10.4 Å². The van der Waals surface area contributed by atoms with Gasteiger partial charge in [-0.1, -0.05) is 18.2 Å². The molecule has 0 unspecified atom stereocenters. The highest BCUT2D eigenvalue weighted by Crippen LogP contribution is 2.33. The van der Waals surface area contributed by atoms with Crippen molar-refractivity contribution in [2.75, 3.05) is 6.61 Å². The van der Waals surface area contributed by atoms with Crippen molar-refractivity contribution in [2.24, 2.45) is 0 Å². The predicted molar refractivity (Wildman–Crippen MR) is 77.4 cm³/mol. The fourth-order valence-electron chi connectivity index (χ4n) is 1.91. The number of hydrogen-bond donors (Lipinski definition) is 1. The van der Waals surface area contributed by atoms with E-state index in [1.807, 2.05) is 6.07 Å². The Bertz CT molecular complexity index is 658. The SMILES string of the molecule is CCOC(=O)c1ccccc1-c1cc(C(=O)O)c(C)s1. The lowest BCUT2D eigenvalue weighted by molar-refractivity contribution is 0.0527. The van der Waals surface area contributed by atoms with Crippen LogP contribution in [0.3, 0.4) is 0 Å². The van der Waals surface area contributed by atoms with Gasteiger partial charge >= 0.3 is 11.9 Å². The van der Waals surface area contributed by atoms with E-state index in [2.05, 4.69) is 0 Å². The van der Waals surface area contributed by atoms with Gasteiger partial charge in [-0.15, -0.1) is 11.3 Å². The quantitative estimate of drug-likeness (QED) is 0.874. The first-order valence-corrected chi connectivity index (χ1v) is 6.96. The van der Waals surface area contributed by atoms with Crippen molar-refractivity contribution < 1.29 is 19.4 Å². The van der Waals surface area contributed by atoms with Gasteiger partial charge in [-0.25, -0.2) is 9.59 Å². The summed E-state index contributed by atoms with van der Waals surface area (Å²) in [6.07, 6.45) is 0. The summed E-state index contributed by atoms with van der Waals surface area (Å²) < 4.78 is 5.02. The number of thiophene rings is 1. The Morgan fingerprint density at radius 2 is 1.95 bits per heavy atom. The maximum Gasteiger partial charge on any atom is 0.338 e. The molecule has 0 saturated heterocycles. The van der Waals surface area contributed by atoms with E-state index in [0.29, 0.717) is 22.6 Å². The third kappa shape index (κ3) is 2.72. The van der Waals surface area contributed by atoms with Gasteiger partial charge in [0.1, 0.15) is 0 Å². The molecule has 0 aliphatic carbocycles. The van der Waals surface area contributed by atoms with Crippen LogP contribution in [-0.2, 0) is 4.74 Å². The van der Waals surface area contributed by atoms with Crippen LogP contribution in [0.2, 0.25) is 0 Å². The number of esters is 1. The van der Waals surface area contributed by atoms with Crippen LogP contribution in [0.5, 0.6) is 0 Å². The number of rotatable bonds is 4. The molecule has 4 nitrogen and oxygen atoms in total. The minimum atomic E-state index is -0.960. The highest BCUT2D eigenvalue weighted by Gasteiger charge is 2.18. The normalized spacial score (nSPS) is 10.3. The Morgan fingerprint density at radius 1 is 1.25 bits per heavy atom. The molecule has 2 aromatic rings. The Labute approximate surface area is 120 Å². The maximum atomic E-state index is 11.9. The zero-order valence-electron chi connectivity index (χ0n) is 11.2. The smallest absolute Gasteiger partial charge is 0.338 e. The number of benzene rings is 1. The minimum absolute atomic E-state index is 0.267. The summed E-state index contributed by atoms with van der Waals surface area (Å²) in [6, 6.07) is 8.65. The van der Waals surface area contributed by atoms with Gasteiger partial charge in [0.05, 0.1) is 17.7 Å². The molecule has 0 saturated carbocycles.